The van der Waals surface area contributed by atoms with E-state index in [1.807, 2.05) is 27.7 Å². The first-order valence-electron chi connectivity index (χ1n) is 7.89. The van der Waals surface area contributed by atoms with Gasteiger partial charge in [0.25, 0.3) is 0 Å². The largest absolute Gasteiger partial charge is 0.338 e. The van der Waals surface area contributed by atoms with Crippen molar-refractivity contribution in [3.63, 3.8) is 0 Å². The third kappa shape index (κ3) is 10.9. The molecule has 0 aromatic carbocycles. The molecular formula is C15H32N4O2. The zero-order valence-corrected chi connectivity index (χ0v) is 14.2. The van der Waals surface area contributed by atoms with Crippen molar-refractivity contribution in [1.82, 2.24) is 20.9 Å². The summed E-state index contributed by atoms with van der Waals surface area (Å²) in [6.45, 7) is 9.25. The molecule has 0 saturated heterocycles. The van der Waals surface area contributed by atoms with E-state index in [2.05, 4.69) is 16.0 Å². The molecule has 0 aliphatic heterocycles. The smallest absolute Gasteiger partial charge is 0.317 e. The van der Waals surface area contributed by atoms with Gasteiger partial charge in [0, 0.05) is 32.2 Å². The lowest BCUT2D eigenvalue weighted by Gasteiger charge is -2.21. The highest BCUT2D eigenvalue weighted by Gasteiger charge is 2.09. The van der Waals surface area contributed by atoms with E-state index in [0.29, 0.717) is 13.1 Å². The first-order chi connectivity index (χ1) is 9.84. The molecule has 0 aromatic heterocycles. The van der Waals surface area contributed by atoms with Crippen molar-refractivity contribution in [2.75, 3.05) is 20.1 Å². The van der Waals surface area contributed by atoms with Crippen LogP contribution in [0.25, 0.3) is 0 Å². The Balaban J connectivity index is 3.41. The Morgan fingerprint density at radius 3 is 1.90 bits per heavy atom. The summed E-state index contributed by atoms with van der Waals surface area (Å²) in [7, 11) is 1.80. The van der Waals surface area contributed by atoms with Gasteiger partial charge in [0.1, 0.15) is 0 Å². The van der Waals surface area contributed by atoms with Crippen LogP contribution in [0.1, 0.15) is 53.4 Å². The molecule has 6 nitrogen and oxygen atoms in total. The van der Waals surface area contributed by atoms with Crippen molar-refractivity contribution >= 4 is 12.1 Å². The van der Waals surface area contributed by atoms with Crippen LogP contribution in [0.3, 0.4) is 0 Å². The third-order valence-corrected chi connectivity index (χ3v) is 3.18. The van der Waals surface area contributed by atoms with Crippen LogP contribution < -0.4 is 16.0 Å². The molecule has 0 rings (SSSR count). The number of carbonyl (C=O) groups excluding carboxylic acids is 2. The molecular weight excluding hydrogens is 268 g/mol. The lowest BCUT2D eigenvalue weighted by atomic mass is 10.2. The summed E-state index contributed by atoms with van der Waals surface area (Å²) in [6, 6.07) is 0.261. The Morgan fingerprint density at radius 1 is 0.905 bits per heavy atom. The second-order valence-electron chi connectivity index (χ2n) is 5.91. The molecule has 0 aliphatic rings. The number of hydrogen-bond acceptors (Lipinski definition) is 2. The number of nitrogens with zero attached hydrogens (tertiary/aromatic N) is 1. The van der Waals surface area contributed by atoms with Crippen LogP contribution in [0.15, 0.2) is 0 Å². The SMILES string of the molecule is CC(C)NC(=O)NCCCCCCNC(=O)N(C)C(C)C. The number of nitrogens with one attached hydrogen (secondary N) is 3. The Kier molecular flexibility index (Phi) is 10.4. The van der Waals surface area contributed by atoms with Crippen LogP contribution in [-0.2, 0) is 0 Å². The molecule has 0 fully saturated rings. The minimum absolute atomic E-state index is 0.0166. The Morgan fingerprint density at radius 2 is 1.43 bits per heavy atom. The lowest BCUT2D eigenvalue weighted by molar-refractivity contribution is 0.197. The predicted octanol–water partition coefficient (Wildman–Crippen LogP) is 2.30. The van der Waals surface area contributed by atoms with Crippen LogP contribution in [0, 0.1) is 0 Å². The van der Waals surface area contributed by atoms with Crippen LogP contribution >= 0.6 is 0 Å². The monoisotopic (exact) mass is 300 g/mol. The topological polar surface area (TPSA) is 73.5 Å². The fourth-order valence-electron chi connectivity index (χ4n) is 1.67. The van der Waals surface area contributed by atoms with Gasteiger partial charge >= 0.3 is 12.1 Å². The van der Waals surface area contributed by atoms with Gasteiger partial charge < -0.3 is 20.9 Å². The molecule has 0 aliphatic carbocycles. The molecule has 0 saturated carbocycles. The van der Waals surface area contributed by atoms with Crippen LogP contribution in [0.4, 0.5) is 9.59 Å². The highest BCUT2D eigenvalue weighted by Crippen LogP contribution is 1.99. The van der Waals surface area contributed by atoms with Crippen LogP contribution in [0.5, 0.6) is 0 Å². The number of rotatable bonds is 9. The summed E-state index contributed by atoms with van der Waals surface area (Å²) in [4.78, 5) is 24.6. The van der Waals surface area contributed by atoms with Crippen molar-refractivity contribution in [3.8, 4) is 0 Å². The summed E-state index contributed by atoms with van der Waals surface area (Å²) >= 11 is 0. The van der Waals surface area contributed by atoms with E-state index >= 15 is 0 Å². The summed E-state index contributed by atoms with van der Waals surface area (Å²) in [6.07, 6.45) is 4.04. The van der Waals surface area contributed by atoms with Crippen LogP contribution in [0.2, 0.25) is 0 Å². The van der Waals surface area contributed by atoms with Gasteiger partial charge in [-0.05, 0) is 40.5 Å². The molecule has 0 unspecified atom stereocenters. The van der Waals surface area contributed by atoms with Gasteiger partial charge in [0.2, 0.25) is 0 Å². The zero-order valence-electron chi connectivity index (χ0n) is 14.2. The fraction of sp³-hybridized carbons (Fsp3) is 0.867. The van der Waals surface area contributed by atoms with E-state index in [-0.39, 0.29) is 24.1 Å². The average molecular weight is 300 g/mol. The highest BCUT2D eigenvalue weighted by atomic mass is 16.2. The maximum absolute atomic E-state index is 11.6. The number of carbonyl (C=O) groups is 2. The molecule has 6 heteroatoms. The molecule has 0 spiro atoms. The number of hydrogen-bond donors (Lipinski definition) is 3. The second-order valence-corrected chi connectivity index (χ2v) is 5.91. The van der Waals surface area contributed by atoms with E-state index in [0.717, 1.165) is 25.7 Å². The first-order valence-corrected chi connectivity index (χ1v) is 7.89. The molecule has 21 heavy (non-hydrogen) atoms. The highest BCUT2D eigenvalue weighted by molar-refractivity contribution is 5.74. The Labute approximate surface area is 129 Å². The van der Waals surface area contributed by atoms with Gasteiger partial charge in [0.15, 0.2) is 0 Å². The van der Waals surface area contributed by atoms with Crippen molar-refractivity contribution in [1.29, 1.82) is 0 Å². The minimum atomic E-state index is -0.103. The van der Waals surface area contributed by atoms with Crippen molar-refractivity contribution in [2.45, 2.75) is 65.5 Å². The molecule has 0 radical (unpaired) electrons. The molecule has 0 aromatic rings. The predicted molar refractivity (Wildman–Crippen MR) is 86.4 cm³/mol. The number of urea groups is 2. The van der Waals surface area contributed by atoms with E-state index in [1.165, 1.54) is 0 Å². The fourth-order valence-corrected chi connectivity index (χ4v) is 1.67. The summed E-state index contributed by atoms with van der Waals surface area (Å²) in [5.41, 5.74) is 0. The van der Waals surface area contributed by atoms with Gasteiger partial charge in [-0.15, -0.1) is 0 Å². The normalized spacial score (nSPS) is 10.6. The maximum Gasteiger partial charge on any atom is 0.317 e. The maximum atomic E-state index is 11.6. The minimum Gasteiger partial charge on any atom is -0.338 e. The van der Waals surface area contributed by atoms with E-state index in [4.69, 9.17) is 0 Å². The standard InChI is InChI=1S/C15H32N4O2/c1-12(2)18-14(20)16-10-8-6-7-9-11-17-15(21)19(5)13(3)4/h12-13H,6-11H2,1-5H3,(H,17,21)(H2,16,18,20). The summed E-state index contributed by atoms with van der Waals surface area (Å²) < 4.78 is 0. The second kappa shape index (κ2) is 11.2. The lowest BCUT2D eigenvalue weighted by Crippen LogP contribution is -2.41. The molecule has 124 valence electrons. The number of amides is 4. The molecule has 3 N–H and O–H groups in total. The van der Waals surface area contributed by atoms with Gasteiger partial charge in [-0.3, -0.25) is 0 Å². The van der Waals surface area contributed by atoms with Crippen molar-refractivity contribution in [2.24, 2.45) is 0 Å². The van der Waals surface area contributed by atoms with Gasteiger partial charge in [-0.25, -0.2) is 9.59 Å². The van der Waals surface area contributed by atoms with E-state index in [1.54, 1.807) is 11.9 Å². The van der Waals surface area contributed by atoms with Crippen molar-refractivity contribution in [3.05, 3.63) is 0 Å². The van der Waals surface area contributed by atoms with Gasteiger partial charge in [-0.2, -0.15) is 0 Å². The molecule has 0 bridgehead atoms. The third-order valence-electron chi connectivity index (χ3n) is 3.18. The van der Waals surface area contributed by atoms with Gasteiger partial charge in [-0.1, -0.05) is 12.8 Å². The summed E-state index contributed by atoms with van der Waals surface area (Å²) in [5, 5.41) is 8.51. The summed E-state index contributed by atoms with van der Waals surface area (Å²) in [5.74, 6) is 0. The Bertz CT molecular complexity index is 306. The molecule has 0 heterocycles. The number of unbranched alkanes of at least 4 members (excludes halogenated alkanes) is 3. The van der Waals surface area contributed by atoms with E-state index < -0.39 is 0 Å². The quantitative estimate of drug-likeness (QED) is 0.572. The average Bonchev–Trinajstić information content (AvgIpc) is 2.39. The molecule has 4 amide bonds. The van der Waals surface area contributed by atoms with Crippen molar-refractivity contribution < 1.29 is 9.59 Å². The van der Waals surface area contributed by atoms with Gasteiger partial charge in [0.05, 0.1) is 0 Å². The zero-order chi connectivity index (χ0) is 16.3. The first kappa shape index (κ1) is 19.5. The Hall–Kier alpha value is -1.46. The van der Waals surface area contributed by atoms with E-state index in [9.17, 15) is 9.59 Å². The van der Waals surface area contributed by atoms with Crippen LogP contribution in [-0.4, -0.2) is 49.2 Å². The molecule has 0 atom stereocenters.